The molecule has 0 atom stereocenters. The summed E-state index contributed by atoms with van der Waals surface area (Å²) in [5.41, 5.74) is 1.91. The first-order valence-electron chi connectivity index (χ1n) is 9.51. The molecule has 2 aromatic heterocycles. The van der Waals surface area contributed by atoms with Gasteiger partial charge in [-0.3, -0.25) is 14.4 Å². The van der Waals surface area contributed by atoms with Crippen molar-refractivity contribution in [3.05, 3.63) is 35.9 Å². The molecule has 0 saturated carbocycles. The van der Waals surface area contributed by atoms with Gasteiger partial charge in [0.05, 0.1) is 11.4 Å². The van der Waals surface area contributed by atoms with E-state index < -0.39 is 0 Å². The number of nitrogens with one attached hydrogen (secondary N) is 3. The number of rotatable bonds is 5. The van der Waals surface area contributed by atoms with Gasteiger partial charge in [-0.05, 0) is 19.1 Å². The van der Waals surface area contributed by atoms with Crippen molar-refractivity contribution < 1.29 is 14.4 Å². The minimum Gasteiger partial charge on any atom is -0.351 e. The molecule has 2 aromatic rings. The van der Waals surface area contributed by atoms with Crippen LogP contribution >= 0.6 is 0 Å². The molecule has 2 rings (SSSR count). The zero-order valence-corrected chi connectivity index (χ0v) is 18.1. The van der Waals surface area contributed by atoms with Gasteiger partial charge in [-0.2, -0.15) is 0 Å². The van der Waals surface area contributed by atoms with E-state index in [0.717, 1.165) is 0 Å². The number of carbonyl (C=O) groups excluding carboxylic acids is 3. The fourth-order valence-corrected chi connectivity index (χ4v) is 2.37. The van der Waals surface area contributed by atoms with Crippen molar-refractivity contribution in [2.24, 2.45) is 14.1 Å². The Balaban J connectivity index is 0. The summed E-state index contributed by atoms with van der Waals surface area (Å²) in [5.74, 6) is -0.739. The molecule has 29 heavy (non-hydrogen) atoms. The van der Waals surface area contributed by atoms with Crippen LogP contribution in [0.2, 0.25) is 0 Å². The van der Waals surface area contributed by atoms with Crippen LogP contribution < -0.4 is 16.0 Å². The van der Waals surface area contributed by atoms with E-state index in [1.54, 1.807) is 47.8 Å². The predicted octanol–water partition coefficient (Wildman–Crippen LogP) is 4.01. The second kappa shape index (κ2) is 14.0. The Morgan fingerprint density at radius 1 is 0.828 bits per heavy atom. The molecule has 0 aliphatic carbocycles. The number of aryl methyl sites for hydroxylation is 2. The summed E-state index contributed by atoms with van der Waals surface area (Å²) in [6, 6.07) is 3.20. The van der Waals surface area contributed by atoms with E-state index in [4.69, 9.17) is 0 Å². The van der Waals surface area contributed by atoms with Gasteiger partial charge in [0, 0.05) is 40.0 Å². The van der Waals surface area contributed by atoms with Crippen LogP contribution in [0, 0.1) is 0 Å². The van der Waals surface area contributed by atoms with E-state index in [1.165, 1.54) is 6.92 Å². The van der Waals surface area contributed by atoms with E-state index in [-0.39, 0.29) is 25.1 Å². The van der Waals surface area contributed by atoms with Crippen LogP contribution in [0.1, 0.15) is 69.9 Å². The van der Waals surface area contributed by atoms with E-state index in [2.05, 4.69) is 16.0 Å². The number of anilines is 2. The van der Waals surface area contributed by atoms with Crippen molar-refractivity contribution in [1.82, 2.24) is 14.5 Å². The Bertz CT molecular complexity index is 790. The second-order valence-electron chi connectivity index (χ2n) is 5.44. The topological polar surface area (TPSA) is 97.2 Å². The molecule has 3 amide bonds. The van der Waals surface area contributed by atoms with Gasteiger partial charge in [-0.1, -0.05) is 35.1 Å². The number of nitrogens with zero attached hydrogens (tertiary/aromatic N) is 2. The molecule has 0 aliphatic heterocycles. The van der Waals surface area contributed by atoms with Crippen LogP contribution in [-0.2, 0) is 18.9 Å². The first-order chi connectivity index (χ1) is 13.3. The van der Waals surface area contributed by atoms with E-state index >= 15 is 0 Å². The molecule has 164 valence electrons. The Kier molecular flexibility index (Phi) is 13.6. The molecule has 0 unspecified atom stereocenters. The summed E-state index contributed by atoms with van der Waals surface area (Å²) in [5, 5.41) is 8.10. The highest BCUT2D eigenvalue weighted by Gasteiger charge is 2.16. The molecule has 0 fully saturated rings. The maximum absolute atomic E-state index is 12.4. The van der Waals surface area contributed by atoms with E-state index in [9.17, 15) is 14.4 Å². The minimum absolute atomic E-state index is 0. The first-order valence-corrected chi connectivity index (χ1v) is 9.51. The maximum Gasteiger partial charge on any atom is 0.272 e. The van der Waals surface area contributed by atoms with Gasteiger partial charge in [-0.15, -0.1) is 0 Å². The molecule has 0 aliphatic rings. The molecule has 0 radical (unpaired) electrons. The fraction of sp³-hybridized carbons (Fsp3) is 0.476. The summed E-state index contributed by atoms with van der Waals surface area (Å²) in [6.07, 6.45) is 3.32. The van der Waals surface area contributed by atoms with Crippen molar-refractivity contribution in [3.8, 4) is 0 Å². The summed E-state index contributed by atoms with van der Waals surface area (Å²) in [7, 11) is 3.45. The second-order valence-corrected chi connectivity index (χ2v) is 5.44. The van der Waals surface area contributed by atoms with Crippen molar-refractivity contribution in [2.75, 3.05) is 17.2 Å². The Labute approximate surface area is 174 Å². The predicted molar refractivity (Wildman–Crippen MR) is 121 cm³/mol. The molecule has 3 N–H and O–H groups in total. The van der Waals surface area contributed by atoms with Crippen LogP contribution in [-0.4, -0.2) is 33.4 Å². The Morgan fingerprint density at radius 3 is 1.66 bits per heavy atom. The third-order valence-electron chi connectivity index (χ3n) is 3.39. The van der Waals surface area contributed by atoms with Crippen molar-refractivity contribution in [3.63, 3.8) is 0 Å². The Morgan fingerprint density at radius 2 is 1.24 bits per heavy atom. The lowest BCUT2D eigenvalue weighted by atomic mass is 10.3. The van der Waals surface area contributed by atoms with Gasteiger partial charge < -0.3 is 25.1 Å². The largest absolute Gasteiger partial charge is 0.351 e. The van der Waals surface area contributed by atoms with Crippen LogP contribution in [0.3, 0.4) is 0 Å². The Hall–Kier alpha value is -3.03. The lowest BCUT2D eigenvalue weighted by Gasteiger charge is -2.03. The highest BCUT2D eigenvalue weighted by Crippen LogP contribution is 2.17. The quantitative estimate of drug-likeness (QED) is 0.698. The number of aromatic nitrogens is 2. The van der Waals surface area contributed by atoms with Crippen LogP contribution in [0.25, 0.3) is 0 Å². The number of carbonyl (C=O) groups is 3. The minimum atomic E-state index is -0.331. The number of hydrogen-bond acceptors (Lipinski definition) is 3. The molecular formula is C21H37N5O3. The van der Waals surface area contributed by atoms with Crippen LogP contribution in [0.4, 0.5) is 11.4 Å². The standard InChI is InChI=1S/C16H21N5O3.2C2H6.CH4/c1-5-17-15(23)13-7-12(9-20(13)3)19-16(24)14-6-11(8-21(14)4)18-10(2)22;2*1-2;/h6-9H,5H2,1-4H3,(H,17,23)(H,18,22)(H,19,24);2*1-2H3;1H4. The summed E-state index contributed by atoms with van der Waals surface area (Å²) in [4.78, 5) is 35.4. The molecule has 0 spiro atoms. The average molecular weight is 408 g/mol. The van der Waals surface area contributed by atoms with E-state index in [0.29, 0.717) is 29.3 Å². The smallest absolute Gasteiger partial charge is 0.272 e. The third-order valence-corrected chi connectivity index (χ3v) is 3.39. The molecule has 0 bridgehead atoms. The monoisotopic (exact) mass is 407 g/mol. The summed E-state index contributed by atoms with van der Waals surface area (Å²) >= 11 is 0. The van der Waals surface area contributed by atoms with E-state index in [1.807, 2.05) is 34.6 Å². The number of hydrogen-bond donors (Lipinski definition) is 3. The van der Waals surface area contributed by atoms with Crippen molar-refractivity contribution in [1.29, 1.82) is 0 Å². The molecule has 0 saturated heterocycles. The SMILES string of the molecule is C.CC.CC.CCNC(=O)c1cc(NC(=O)c2cc(NC(C)=O)cn2C)cn1C. The van der Waals surface area contributed by atoms with Gasteiger partial charge in [0.2, 0.25) is 5.91 Å². The molecule has 8 heteroatoms. The highest BCUT2D eigenvalue weighted by atomic mass is 16.2. The van der Waals surface area contributed by atoms with Gasteiger partial charge in [0.25, 0.3) is 11.8 Å². The lowest BCUT2D eigenvalue weighted by Crippen LogP contribution is -2.24. The first kappa shape index (κ1) is 28.2. The molecule has 8 nitrogen and oxygen atoms in total. The van der Waals surface area contributed by atoms with Crippen molar-refractivity contribution in [2.45, 2.75) is 49.0 Å². The van der Waals surface area contributed by atoms with Crippen LogP contribution in [0.5, 0.6) is 0 Å². The van der Waals surface area contributed by atoms with Gasteiger partial charge >= 0.3 is 0 Å². The normalized spacial score (nSPS) is 8.97. The molecular weight excluding hydrogens is 370 g/mol. The summed E-state index contributed by atoms with van der Waals surface area (Å²) in [6.45, 7) is 11.8. The molecule has 0 aromatic carbocycles. The summed E-state index contributed by atoms with van der Waals surface area (Å²) < 4.78 is 3.27. The fourth-order valence-electron chi connectivity index (χ4n) is 2.37. The average Bonchev–Trinajstić information content (AvgIpc) is 3.20. The van der Waals surface area contributed by atoms with Gasteiger partial charge in [0.1, 0.15) is 11.4 Å². The zero-order valence-electron chi connectivity index (χ0n) is 18.1. The molecule has 2 heterocycles. The van der Waals surface area contributed by atoms with Gasteiger partial charge in [0.15, 0.2) is 0 Å². The van der Waals surface area contributed by atoms with Crippen molar-refractivity contribution >= 4 is 29.1 Å². The maximum atomic E-state index is 12.4. The lowest BCUT2D eigenvalue weighted by molar-refractivity contribution is -0.114. The van der Waals surface area contributed by atoms with Gasteiger partial charge in [-0.25, -0.2) is 0 Å². The number of amides is 3. The zero-order chi connectivity index (χ0) is 21.9. The third kappa shape index (κ3) is 8.25. The highest BCUT2D eigenvalue weighted by molar-refractivity contribution is 6.05. The van der Waals surface area contributed by atoms with Crippen LogP contribution in [0.15, 0.2) is 24.5 Å².